The minimum absolute atomic E-state index is 0.181. The van der Waals surface area contributed by atoms with E-state index in [1.807, 2.05) is 24.0 Å². The predicted octanol–water partition coefficient (Wildman–Crippen LogP) is 5.24. The van der Waals surface area contributed by atoms with Crippen molar-refractivity contribution in [3.05, 3.63) is 65.7 Å². The lowest BCUT2D eigenvalue weighted by atomic mass is 9.90. The fourth-order valence-corrected chi connectivity index (χ4v) is 5.45. The number of aryl methyl sites for hydroxylation is 1. The van der Waals surface area contributed by atoms with Crippen molar-refractivity contribution in [1.82, 2.24) is 19.7 Å². The summed E-state index contributed by atoms with van der Waals surface area (Å²) in [5.74, 6) is 1.73. The molecule has 1 unspecified atom stereocenters. The Kier molecular flexibility index (Phi) is 7.30. The Morgan fingerprint density at radius 2 is 1.75 bits per heavy atom. The standard InChI is InChI=1S/C26H32N4OS/c1-4-30-24(23-13-9-8-10-19(23)2)27-28-26(30)32-20(3)25(31)29-16-14-22(15-17-29)18-21-11-6-5-7-12-21/h5-13,20,22H,4,14-18H2,1-3H3. The largest absolute Gasteiger partial charge is 0.342 e. The molecule has 1 atom stereocenters. The van der Waals surface area contributed by atoms with Crippen LogP contribution in [-0.4, -0.2) is 43.9 Å². The van der Waals surface area contributed by atoms with E-state index in [-0.39, 0.29) is 11.2 Å². The molecule has 168 valence electrons. The molecule has 6 heteroatoms. The zero-order valence-electron chi connectivity index (χ0n) is 19.2. The van der Waals surface area contributed by atoms with Gasteiger partial charge in [-0.25, -0.2) is 0 Å². The van der Waals surface area contributed by atoms with E-state index in [0.717, 1.165) is 55.4 Å². The first-order valence-electron chi connectivity index (χ1n) is 11.6. The maximum atomic E-state index is 13.1. The molecule has 1 fully saturated rings. The third-order valence-electron chi connectivity index (χ3n) is 6.34. The number of thioether (sulfide) groups is 1. The summed E-state index contributed by atoms with van der Waals surface area (Å²) in [7, 11) is 0. The monoisotopic (exact) mass is 448 g/mol. The lowest BCUT2D eigenvalue weighted by molar-refractivity contribution is -0.131. The van der Waals surface area contributed by atoms with Gasteiger partial charge in [-0.3, -0.25) is 4.79 Å². The number of hydrogen-bond donors (Lipinski definition) is 0. The van der Waals surface area contributed by atoms with Gasteiger partial charge >= 0.3 is 0 Å². The third-order valence-corrected chi connectivity index (χ3v) is 7.41. The summed E-state index contributed by atoms with van der Waals surface area (Å²) in [6.07, 6.45) is 3.25. The molecule has 1 aromatic heterocycles. The second kappa shape index (κ2) is 10.3. The van der Waals surface area contributed by atoms with Crippen LogP contribution >= 0.6 is 11.8 Å². The Bertz CT molecular complexity index is 1040. The Labute approximate surface area is 195 Å². The Morgan fingerprint density at radius 3 is 2.44 bits per heavy atom. The van der Waals surface area contributed by atoms with Crippen molar-refractivity contribution >= 4 is 17.7 Å². The van der Waals surface area contributed by atoms with E-state index < -0.39 is 0 Å². The Hall–Kier alpha value is -2.60. The van der Waals surface area contributed by atoms with E-state index in [1.165, 1.54) is 22.9 Å². The van der Waals surface area contributed by atoms with Crippen molar-refractivity contribution in [2.75, 3.05) is 13.1 Å². The van der Waals surface area contributed by atoms with Gasteiger partial charge in [0.15, 0.2) is 11.0 Å². The molecule has 0 bridgehead atoms. The number of benzene rings is 2. The van der Waals surface area contributed by atoms with Gasteiger partial charge in [-0.05, 0) is 57.1 Å². The van der Waals surface area contributed by atoms with E-state index in [9.17, 15) is 4.79 Å². The number of rotatable bonds is 7. The molecule has 1 aliphatic heterocycles. The highest BCUT2D eigenvalue weighted by atomic mass is 32.2. The number of carbonyl (C=O) groups is 1. The van der Waals surface area contributed by atoms with Crippen LogP contribution in [0, 0.1) is 12.8 Å². The second-order valence-electron chi connectivity index (χ2n) is 8.58. The molecule has 0 N–H and O–H groups in total. The first-order chi connectivity index (χ1) is 15.6. The summed E-state index contributed by atoms with van der Waals surface area (Å²) in [5, 5.41) is 9.53. The quantitative estimate of drug-likeness (QED) is 0.464. The van der Waals surface area contributed by atoms with Crippen LogP contribution in [0.5, 0.6) is 0 Å². The van der Waals surface area contributed by atoms with Crippen molar-refractivity contribution < 1.29 is 4.79 Å². The van der Waals surface area contributed by atoms with E-state index in [1.54, 1.807) is 0 Å². The van der Waals surface area contributed by atoms with Crippen LogP contribution in [0.4, 0.5) is 0 Å². The molecule has 2 aromatic carbocycles. The van der Waals surface area contributed by atoms with Gasteiger partial charge in [0.1, 0.15) is 0 Å². The number of carbonyl (C=O) groups excluding carboxylic acids is 1. The van der Waals surface area contributed by atoms with E-state index >= 15 is 0 Å². The van der Waals surface area contributed by atoms with Crippen LogP contribution in [0.15, 0.2) is 59.8 Å². The van der Waals surface area contributed by atoms with Crippen LogP contribution < -0.4 is 0 Å². The average Bonchev–Trinajstić information content (AvgIpc) is 3.22. The molecule has 4 rings (SSSR count). The third kappa shape index (κ3) is 5.07. The zero-order valence-corrected chi connectivity index (χ0v) is 20.0. The van der Waals surface area contributed by atoms with E-state index in [2.05, 4.69) is 71.1 Å². The number of piperidine rings is 1. The van der Waals surface area contributed by atoms with Gasteiger partial charge in [0.05, 0.1) is 5.25 Å². The van der Waals surface area contributed by atoms with Crippen molar-refractivity contribution in [1.29, 1.82) is 0 Å². The van der Waals surface area contributed by atoms with E-state index in [4.69, 9.17) is 0 Å². The average molecular weight is 449 g/mol. The molecule has 0 spiro atoms. The lowest BCUT2D eigenvalue weighted by Gasteiger charge is -2.33. The molecule has 2 heterocycles. The molecule has 1 aliphatic rings. The molecule has 5 nitrogen and oxygen atoms in total. The van der Waals surface area contributed by atoms with E-state index in [0.29, 0.717) is 5.92 Å². The highest BCUT2D eigenvalue weighted by Gasteiger charge is 2.28. The summed E-state index contributed by atoms with van der Waals surface area (Å²) in [5.41, 5.74) is 3.66. The van der Waals surface area contributed by atoms with Crippen molar-refractivity contribution in [2.45, 2.75) is 57.0 Å². The summed E-state index contributed by atoms with van der Waals surface area (Å²) >= 11 is 1.52. The zero-order chi connectivity index (χ0) is 22.5. The highest BCUT2D eigenvalue weighted by molar-refractivity contribution is 8.00. The number of likely N-dealkylation sites (tertiary alicyclic amines) is 1. The minimum Gasteiger partial charge on any atom is -0.342 e. The van der Waals surface area contributed by atoms with Crippen molar-refractivity contribution in [2.24, 2.45) is 5.92 Å². The molecule has 3 aromatic rings. The lowest BCUT2D eigenvalue weighted by Crippen LogP contribution is -2.42. The molecule has 1 saturated heterocycles. The van der Waals surface area contributed by atoms with Crippen LogP contribution in [0.1, 0.15) is 37.8 Å². The van der Waals surface area contributed by atoms with Crippen LogP contribution in [0.2, 0.25) is 0 Å². The van der Waals surface area contributed by atoms with Crippen LogP contribution in [0.25, 0.3) is 11.4 Å². The normalized spacial score (nSPS) is 15.7. The first-order valence-corrected chi connectivity index (χ1v) is 12.4. The first kappa shape index (κ1) is 22.6. The molecular weight excluding hydrogens is 416 g/mol. The van der Waals surface area contributed by atoms with Gasteiger partial charge in [0, 0.05) is 25.2 Å². The maximum absolute atomic E-state index is 13.1. The summed E-state index contributed by atoms with van der Waals surface area (Å²) < 4.78 is 2.11. The molecule has 1 amide bonds. The summed E-state index contributed by atoms with van der Waals surface area (Å²) in [6.45, 7) is 8.63. The van der Waals surface area contributed by atoms with Gasteiger partial charge < -0.3 is 9.47 Å². The number of amides is 1. The van der Waals surface area contributed by atoms with Gasteiger partial charge in [-0.15, -0.1) is 10.2 Å². The second-order valence-corrected chi connectivity index (χ2v) is 9.89. The fraction of sp³-hybridized carbons (Fsp3) is 0.423. The van der Waals surface area contributed by atoms with Crippen molar-refractivity contribution in [3.8, 4) is 11.4 Å². The number of hydrogen-bond acceptors (Lipinski definition) is 4. The molecule has 0 saturated carbocycles. The topological polar surface area (TPSA) is 51.0 Å². The SMILES string of the molecule is CCn1c(SC(C)C(=O)N2CCC(Cc3ccccc3)CC2)nnc1-c1ccccc1C. The Morgan fingerprint density at radius 1 is 1.06 bits per heavy atom. The molecule has 32 heavy (non-hydrogen) atoms. The predicted molar refractivity (Wildman–Crippen MR) is 131 cm³/mol. The molecular formula is C26H32N4OS. The maximum Gasteiger partial charge on any atom is 0.235 e. The van der Waals surface area contributed by atoms with Gasteiger partial charge in [-0.2, -0.15) is 0 Å². The molecule has 0 aliphatic carbocycles. The van der Waals surface area contributed by atoms with Crippen molar-refractivity contribution in [3.63, 3.8) is 0 Å². The van der Waals surface area contributed by atoms with Crippen LogP contribution in [0.3, 0.4) is 0 Å². The smallest absolute Gasteiger partial charge is 0.235 e. The molecule has 0 radical (unpaired) electrons. The summed E-state index contributed by atoms with van der Waals surface area (Å²) in [6, 6.07) is 18.9. The van der Waals surface area contributed by atoms with Crippen LogP contribution in [-0.2, 0) is 17.8 Å². The number of aromatic nitrogens is 3. The minimum atomic E-state index is -0.181. The summed E-state index contributed by atoms with van der Waals surface area (Å²) in [4.78, 5) is 15.2. The Balaban J connectivity index is 1.37. The highest BCUT2D eigenvalue weighted by Crippen LogP contribution is 2.30. The van der Waals surface area contributed by atoms with Gasteiger partial charge in [-0.1, -0.05) is 66.4 Å². The number of nitrogens with zero attached hydrogens (tertiary/aromatic N) is 4. The van der Waals surface area contributed by atoms with Gasteiger partial charge in [0.2, 0.25) is 5.91 Å². The fourth-order valence-electron chi connectivity index (χ4n) is 4.45. The van der Waals surface area contributed by atoms with Gasteiger partial charge in [0.25, 0.3) is 0 Å².